The number of carbonyl (C=O) groups is 1. The summed E-state index contributed by atoms with van der Waals surface area (Å²) in [4.78, 5) is 25.4. The van der Waals surface area contributed by atoms with E-state index in [1.165, 1.54) is 38.5 Å². The molecule has 8 nitrogen and oxygen atoms in total. The third-order valence-electron chi connectivity index (χ3n) is 11.5. The van der Waals surface area contributed by atoms with Crippen LogP contribution in [0.5, 0.6) is 0 Å². The molecule has 0 spiro atoms. The maximum atomic E-state index is 12.9. The van der Waals surface area contributed by atoms with Crippen LogP contribution in [0.15, 0.2) is 158 Å². The summed E-state index contributed by atoms with van der Waals surface area (Å²) >= 11 is 0. The molecule has 2 N–H and O–H groups in total. The molecule has 0 aliphatic rings. The first-order valence-electron chi connectivity index (χ1n) is 28.3. The Morgan fingerprint density at radius 1 is 0.479 bits per heavy atom. The molecule has 0 fully saturated rings. The molecule has 9 heteroatoms. The molecule has 0 aromatic rings. The summed E-state index contributed by atoms with van der Waals surface area (Å²) in [5.74, 6) is -0.227. The summed E-state index contributed by atoms with van der Waals surface area (Å²) < 4.78 is 23.2. The highest BCUT2D eigenvalue weighted by Gasteiger charge is 2.23. The topological polar surface area (TPSA) is 108 Å². The lowest BCUT2D eigenvalue weighted by Gasteiger charge is -2.29. The van der Waals surface area contributed by atoms with Gasteiger partial charge >= 0.3 is 0 Å². The second kappa shape index (κ2) is 53.0. The van der Waals surface area contributed by atoms with Crippen LogP contribution in [-0.2, 0) is 18.4 Å². The van der Waals surface area contributed by atoms with Crippen molar-refractivity contribution < 1.29 is 32.9 Å². The zero-order valence-electron chi connectivity index (χ0n) is 46.8. The van der Waals surface area contributed by atoms with Crippen molar-refractivity contribution in [2.45, 2.75) is 199 Å². The van der Waals surface area contributed by atoms with Crippen molar-refractivity contribution in [2.75, 3.05) is 40.9 Å². The van der Waals surface area contributed by atoms with Gasteiger partial charge in [0.05, 0.1) is 39.9 Å². The van der Waals surface area contributed by atoms with Gasteiger partial charge in [-0.05, 0) is 116 Å². The average Bonchev–Trinajstić information content (AvgIpc) is 3.35. The molecule has 0 saturated carbocycles. The van der Waals surface area contributed by atoms with Gasteiger partial charge in [-0.25, -0.2) is 0 Å². The quantitative estimate of drug-likeness (QED) is 0.0272. The second-order valence-electron chi connectivity index (χ2n) is 19.5. The number of rotatable bonds is 49. The van der Waals surface area contributed by atoms with Crippen LogP contribution >= 0.6 is 7.82 Å². The lowest BCUT2D eigenvalue weighted by molar-refractivity contribution is -0.870. The number of phosphoric ester groups is 1. The molecular weight excluding hydrogens is 924 g/mol. The molecule has 0 heterocycles. The van der Waals surface area contributed by atoms with Gasteiger partial charge in [0.1, 0.15) is 13.2 Å². The molecule has 3 atom stereocenters. The normalized spacial score (nSPS) is 15.1. The zero-order chi connectivity index (χ0) is 53.5. The monoisotopic (exact) mass is 1030 g/mol. The highest BCUT2D eigenvalue weighted by atomic mass is 31.2. The molecule has 0 saturated heterocycles. The van der Waals surface area contributed by atoms with Crippen LogP contribution in [0.25, 0.3) is 0 Å². The number of aliphatic hydroxyl groups excluding tert-OH is 1. The van der Waals surface area contributed by atoms with E-state index >= 15 is 0 Å². The van der Waals surface area contributed by atoms with Crippen LogP contribution in [0.4, 0.5) is 0 Å². The number of nitrogens with one attached hydrogen (secondary N) is 1. The molecule has 0 aliphatic heterocycles. The number of carbonyl (C=O) groups excluding carboxylic acids is 1. The van der Waals surface area contributed by atoms with Crippen molar-refractivity contribution in [3.05, 3.63) is 158 Å². The fourth-order valence-electron chi connectivity index (χ4n) is 7.10. The summed E-state index contributed by atoms with van der Waals surface area (Å²) in [6.07, 6.45) is 83.5. The van der Waals surface area contributed by atoms with E-state index in [0.29, 0.717) is 17.4 Å². The number of allylic oxidation sites excluding steroid dienone is 25. The Bertz CT molecular complexity index is 1740. The van der Waals surface area contributed by atoms with Crippen LogP contribution in [0, 0.1) is 0 Å². The Kier molecular flexibility index (Phi) is 50.1. The molecular formula is C64H105N2O6P. The van der Waals surface area contributed by atoms with E-state index in [1.54, 1.807) is 6.08 Å². The van der Waals surface area contributed by atoms with Crippen molar-refractivity contribution in [3.8, 4) is 0 Å². The molecule has 412 valence electrons. The minimum Gasteiger partial charge on any atom is -0.756 e. The van der Waals surface area contributed by atoms with Gasteiger partial charge in [-0.15, -0.1) is 0 Å². The molecule has 1 amide bonds. The Labute approximate surface area is 448 Å². The maximum absolute atomic E-state index is 12.9. The molecule has 0 rings (SSSR count). The maximum Gasteiger partial charge on any atom is 0.268 e. The number of amides is 1. The van der Waals surface area contributed by atoms with Crippen LogP contribution in [0.3, 0.4) is 0 Å². The predicted molar refractivity (Wildman–Crippen MR) is 315 cm³/mol. The highest BCUT2D eigenvalue weighted by molar-refractivity contribution is 7.45. The minimum absolute atomic E-state index is 0.0179. The first-order valence-corrected chi connectivity index (χ1v) is 29.8. The Morgan fingerprint density at radius 3 is 1.22 bits per heavy atom. The number of phosphoric acid groups is 1. The number of hydrogen-bond acceptors (Lipinski definition) is 6. The standard InChI is InChI=1S/C64H105N2O6P/c1-6-8-10-12-14-16-18-19-20-21-22-23-24-25-26-27-28-29-30-31-32-33-34-35-36-37-38-39-40-41-42-43-44-45-46-47-48-50-52-54-56-58-64(68)65-62(61-72-73(69,70)71-60-59-66(3,4)5)63(67)57-55-53-51-49-17-15-13-11-9-7-2/h8-11,14,16-17,19-20,22-23,25-26,28-29,31-32,34-35,37-38,40-41,49,55,57,62-63,67H,6-7,12-13,15,18,21,24,27,30,33,36,39,42-48,50-54,56,58-61H2,1-5H3,(H-,65,68,69,70)/b10-8-,11-9+,16-14-,20-19-,23-22-,26-25-,29-28-,32-31-,35-34-,38-37-,41-40-,49-17+,57-55+. The lowest BCUT2D eigenvalue weighted by atomic mass is 10.0. The van der Waals surface area contributed by atoms with E-state index in [1.807, 2.05) is 27.2 Å². The summed E-state index contributed by atoms with van der Waals surface area (Å²) in [6, 6.07) is -0.921. The van der Waals surface area contributed by atoms with Gasteiger partial charge in [-0.3, -0.25) is 9.36 Å². The number of likely N-dealkylation sites (N-methyl/N-ethyl adjacent to an activating group) is 1. The summed E-state index contributed by atoms with van der Waals surface area (Å²) in [5, 5.41) is 13.7. The smallest absolute Gasteiger partial charge is 0.268 e. The Morgan fingerprint density at radius 2 is 0.808 bits per heavy atom. The first-order chi connectivity index (χ1) is 35.5. The van der Waals surface area contributed by atoms with Gasteiger partial charge in [0.25, 0.3) is 7.82 Å². The first kappa shape index (κ1) is 69.1. The van der Waals surface area contributed by atoms with Gasteiger partial charge in [0.15, 0.2) is 0 Å². The third kappa shape index (κ3) is 55.7. The summed E-state index contributed by atoms with van der Waals surface area (Å²) in [5.41, 5.74) is 0. The molecule has 0 aromatic heterocycles. The average molecular weight is 1030 g/mol. The second-order valence-corrected chi connectivity index (χ2v) is 20.9. The van der Waals surface area contributed by atoms with Crippen LogP contribution < -0.4 is 10.2 Å². The fraction of sp³-hybridized carbons (Fsp3) is 0.578. The van der Waals surface area contributed by atoms with E-state index in [4.69, 9.17) is 9.05 Å². The highest BCUT2D eigenvalue weighted by Crippen LogP contribution is 2.38. The molecule has 0 aliphatic carbocycles. The van der Waals surface area contributed by atoms with Crippen molar-refractivity contribution in [2.24, 2.45) is 0 Å². The van der Waals surface area contributed by atoms with Gasteiger partial charge < -0.3 is 28.8 Å². The largest absolute Gasteiger partial charge is 0.756 e. The van der Waals surface area contributed by atoms with Crippen LogP contribution in [0.1, 0.15) is 187 Å². The predicted octanol–water partition coefficient (Wildman–Crippen LogP) is 16.8. The summed E-state index contributed by atoms with van der Waals surface area (Å²) in [6.45, 7) is 4.34. The Hall–Kier alpha value is -3.88. The van der Waals surface area contributed by atoms with Crippen LogP contribution in [-0.4, -0.2) is 68.5 Å². The van der Waals surface area contributed by atoms with Gasteiger partial charge in [-0.2, -0.15) is 0 Å². The third-order valence-corrected chi connectivity index (χ3v) is 12.4. The van der Waals surface area contributed by atoms with E-state index in [0.717, 1.165) is 128 Å². The molecule has 0 radical (unpaired) electrons. The van der Waals surface area contributed by atoms with Gasteiger partial charge in [0, 0.05) is 6.42 Å². The van der Waals surface area contributed by atoms with Crippen molar-refractivity contribution in [3.63, 3.8) is 0 Å². The SMILES string of the molecule is CC/C=C\C/C=C\C/C=C\C/C=C\C/C=C\C/C=C\C/C=C\C/C=C\C/C=C\C/C=C\CCCCCCCCCCCCC(=O)NC(COP(=O)([O-])OCC[N+](C)(C)C)C(O)/C=C/CC/C=C/CC/C=C/CC. The van der Waals surface area contributed by atoms with E-state index < -0.39 is 26.6 Å². The van der Waals surface area contributed by atoms with Crippen molar-refractivity contribution in [1.82, 2.24) is 5.32 Å². The Balaban J connectivity index is 4.06. The number of aliphatic hydroxyl groups is 1. The number of hydrogen-bond donors (Lipinski definition) is 2. The van der Waals surface area contributed by atoms with Crippen LogP contribution in [0.2, 0.25) is 0 Å². The van der Waals surface area contributed by atoms with E-state index in [9.17, 15) is 19.4 Å². The van der Waals surface area contributed by atoms with Crippen molar-refractivity contribution in [1.29, 1.82) is 0 Å². The number of unbranched alkanes of at least 4 members (excludes halogenated alkanes) is 12. The minimum atomic E-state index is -4.61. The molecule has 73 heavy (non-hydrogen) atoms. The molecule has 0 bridgehead atoms. The van der Waals surface area contributed by atoms with E-state index in [2.05, 4.69) is 165 Å². The van der Waals surface area contributed by atoms with E-state index in [-0.39, 0.29) is 12.5 Å². The summed E-state index contributed by atoms with van der Waals surface area (Å²) in [7, 11) is 1.21. The van der Waals surface area contributed by atoms with Gasteiger partial charge in [0.2, 0.25) is 5.91 Å². The van der Waals surface area contributed by atoms with Crippen molar-refractivity contribution >= 4 is 13.7 Å². The lowest BCUT2D eigenvalue weighted by Crippen LogP contribution is -2.45. The fourth-order valence-corrected chi connectivity index (χ4v) is 7.82. The number of nitrogens with zero attached hydrogens (tertiary/aromatic N) is 1. The molecule has 3 unspecified atom stereocenters. The zero-order valence-corrected chi connectivity index (χ0v) is 47.7. The van der Waals surface area contributed by atoms with Gasteiger partial charge in [-0.1, -0.05) is 223 Å². The molecule has 0 aromatic carbocycles. The number of quaternary nitrogens is 1.